The van der Waals surface area contributed by atoms with E-state index in [1.54, 1.807) is 17.5 Å². The summed E-state index contributed by atoms with van der Waals surface area (Å²) in [5.41, 5.74) is 1.17. The van der Waals surface area contributed by atoms with Crippen LogP contribution in [0.5, 0.6) is 0 Å². The Morgan fingerprint density at radius 1 is 1.19 bits per heavy atom. The van der Waals surface area contributed by atoms with Gasteiger partial charge in [-0.05, 0) is 18.6 Å². The number of rotatable bonds is 5. The van der Waals surface area contributed by atoms with Crippen molar-refractivity contribution in [2.24, 2.45) is 0 Å². The van der Waals surface area contributed by atoms with Gasteiger partial charge in [0.25, 0.3) is 0 Å². The fourth-order valence-electron chi connectivity index (χ4n) is 2.10. The fourth-order valence-corrected chi connectivity index (χ4v) is 2.10. The first-order valence-corrected chi connectivity index (χ1v) is 6.90. The van der Waals surface area contributed by atoms with Crippen LogP contribution in [0.25, 0.3) is 0 Å². The molecule has 7 heteroatoms. The monoisotopic (exact) mass is 335 g/mol. The van der Waals surface area contributed by atoms with Gasteiger partial charge in [-0.25, -0.2) is 0 Å². The molecule has 120 valence electrons. The Bertz CT molecular complexity index is 398. The van der Waals surface area contributed by atoms with Crippen molar-refractivity contribution in [3.8, 4) is 0 Å². The number of aromatic nitrogens is 1. The summed E-state index contributed by atoms with van der Waals surface area (Å²) in [7, 11) is 0. The molecule has 0 unspecified atom stereocenters. The van der Waals surface area contributed by atoms with Crippen LogP contribution in [0.15, 0.2) is 24.5 Å². The molecule has 0 N–H and O–H groups in total. The highest BCUT2D eigenvalue weighted by Crippen LogP contribution is 2.15. The van der Waals surface area contributed by atoms with Gasteiger partial charge < -0.3 is 9.74 Å². The van der Waals surface area contributed by atoms with Crippen LogP contribution in [-0.2, 0) is 9.63 Å². The zero-order valence-corrected chi connectivity index (χ0v) is 13.9. The van der Waals surface area contributed by atoms with Crippen molar-refractivity contribution in [1.29, 1.82) is 0 Å². The molecule has 1 fully saturated rings. The first-order valence-electron chi connectivity index (χ1n) is 6.90. The van der Waals surface area contributed by atoms with E-state index in [1.165, 1.54) is 5.69 Å². The summed E-state index contributed by atoms with van der Waals surface area (Å²) in [6.45, 7) is 5.30. The number of anilines is 1. The van der Waals surface area contributed by atoms with E-state index in [9.17, 15) is 4.79 Å². The number of halogens is 2. The molecule has 2 rings (SSSR count). The van der Waals surface area contributed by atoms with E-state index < -0.39 is 0 Å². The molecule has 0 saturated carbocycles. The predicted octanol–water partition coefficient (Wildman–Crippen LogP) is 2.70. The summed E-state index contributed by atoms with van der Waals surface area (Å²) in [5, 5.41) is 1.77. The van der Waals surface area contributed by atoms with Crippen LogP contribution >= 0.6 is 24.8 Å². The van der Waals surface area contributed by atoms with Crippen molar-refractivity contribution in [2.45, 2.75) is 26.2 Å². The van der Waals surface area contributed by atoms with Crippen molar-refractivity contribution in [2.75, 3.05) is 31.1 Å². The van der Waals surface area contributed by atoms with E-state index in [1.807, 2.05) is 12.1 Å². The molecule has 5 nitrogen and oxygen atoms in total. The molecule has 0 amide bonds. The lowest BCUT2D eigenvalue weighted by molar-refractivity contribution is -0.191. The minimum absolute atomic E-state index is 0. The number of nitrogens with zero attached hydrogens (tertiary/aromatic N) is 3. The number of piperazine rings is 1. The Kier molecular flexibility index (Phi) is 10.1. The maximum absolute atomic E-state index is 11.5. The molecule has 0 aliphatic carbocycles. The Morgan fingerprint density at radius 2 is 1.81 bits per heavy atom. The van der Waals surface area contributed by atoms with E-state index in [0.29, 0.717) is 6.42 Å². The van der Waals surface area contributed by atoms with Gasteiger partial charge in [-0.1, -0.05) is 13.3 Å². The number of hydrogen-bond acceptors (Lipinski definition) is 5. The van der Waals surface area contributed by atoms with E-state index in [0.717, 1.165) is 39.0 Å². The van der Waals surface area contributed by atoms with Crippen LogP contribution in [-0.4, -0.2) is 42.2 Å². The molecule has 0 spiro atoms. The highest BCUT2D eigenvalue weighted by atomic mass is 35.5. The number of pyridine rings is 1. The van der Waals surface area contributed by atoms with Crippen LogP contribution in [0, 0.1) is 0 Å². The summed E-state index contributed by atoms with van der Waals surface area (Å²) in [6, 6.07) is 4.01. The Morgan fingerprint density at radius 3 is 2.38 bits per heavy atom. The molecule has 1 aromatic heterocycles. The first-order chi connectivity index (χ1) is 9.29. The number of carbonyl (C=O) groups excluding carboxylic acids is 1. The summed E-state index contributed by atoms with van der Waals surface area (Å²) in [5.74, 6) is -0.112. The van der Waals surface area contributed by atoms with Gasteiger partial charge >= 0.3 is 5.97 Å². The van der Waals surface area contributed by atoms with Crippen LogP contribution in [0.3, 0.4) is 0 Å². The van der Waals surface area contributed by atoms with E-state index in [4.69, 9.17) is 4.84 Å². The molecule has 0 bridgehead atoms. The molecule has 0 atom stereocenters. The second kappa shape index (κ2) is 10.7. The smallest absolute Gasteiger partial charge is 0.325 e. The van der Waals surface area contributed by atoms with E-state index >= 15 is 0 Å². The van der Waals surface area contributed by atoms with Crippen LogP contribution in [0.2, 0.25) is 0 Å². The van der Waals surface area contributed by atoms with E-state index in [2.05, 4.69) is 16.8 Å². The quantitative estimate of drug-likeness (QED) is 0.827. The van der Waals surface area contributed by atoms with Crippen molar-refractivity contribution in [3.63, 3.8) is 0 Å². The van der Waals surface area contributed by atoms with Gasteiger partial charge in [-0.3, -0.25) is 9.78 Å². The molecule has 21 heavy (non-hydrogen) atoms. The maximum atomic E-state index is 11.5. The zero-order valence-electron chi connectivity index (χ0n) is 12.2. The Balaban J connectivity index is 0.00000200. The van der Waals surface area contributed by atoms with Gasteiger partial charge in [0, 0.05) is 37.6 Å². The summed E-state index contributed by atoms with van der Waals surface area (Å²) < 4.78 is 0. The molecule has 2 heterocycles. The number of unbranched alkanes of at least 4 members (excludes halogenated alkanes) is 1. The Labute approximate surface area is 138 Å². The van der Waals surface area contributed by atoms with Gasteiger partial charge in [0.1, 0.15) is 0 Å². The van der Waals surface area contributed by atoms with Crippen molar-refractivity contribution >= 4 is 36.5 Å². The second-order valence-electron chi connectivity index (χ2n) is 4.69. The van der Waals surface area contributed by atoms with Gasteiger partial charge in [0.2, 0.25) is 0 Å². The van der Waals surface area contributed by atoms with Crippen LogP contribution in [0.1, 0.15) is 26.2 Å². The lowest BCUT2D eigenvalue weighted by atomic mass is 10.2. The molecule has 1 aliphatic rings. The number of hydroxylamine groups is 2. The minimum atomic E-state index is -0.112. The molecular formula is C14H23Cl2N3O2. The second-order valence-corrected chi connectivity index (χ2v) is 4.69. The molecular weight excluding hydrogens is 313 g/mol. The average molecular weight is 336 g/mol. The standard InChI is InChI=1S/C14H21N3O2.2ClH/c1-2-3-4-14(18)19-17-11-9-16(10-12-17)13-5-7-15-8-6-13;;/h5-8H,2-4,9-12H2,1H3;2*1H. The zero-order chi connectivity index (χ0) is 13.5. The average Bonchev–Trinajstić information content (AvgIpc) is 2.47. The molecule has 0 radical (unpaired) electrons. The van der Waals surface area contributed by atoms with Crippen molar-refractivity contribution in [1.82, 2.24) is 10.0 Å². The maximum Gasteiger partial charge on any atom is 0.325 e. The third-order valence-electron chi connectivity index (χ3n) is 3.23. The predicted molar refractivity (Wildman–Crippen MR) is 88.1 cm³/mol. The van der Waals surface area contributed by atoms with Crippen molar-refractivity contribution < 1.29 is 9.63 Å². The highest BCUT2D eigenvalue weighted by Gasteiger charge is 2.19. The normalized spacial score (nSPS) is 14.8. The summed E-state index contributed by atoms with van der Waals surface area (Å²) in [4.78, 5) is 23.2. The molecule has 1 aliphatic heterocycles. The minimum Gasteiger partial charge on any atom is -0.369 e. The van der Waals surface area contributed by atoms with Crippen LogP contribution in [0.4, 0.5) is 5.69 Å². The lowest BCUT2D eigenvalue weighted by Crippen LogP contribution is -2.47. The third kappa shape index (κ3) is 6.50. The van der Waals surface area contributed by atoms with Crippen LogP contribution < -0.4 is 4.90 Å². The summed E-state index contributed by atoms with van der Waals surface area (Å²) >= 11 is 0. The molecule has 1 aromatic rings. The fraction of sp³-hybridized carbons (Fsp3) is 0.571. The van der Waals surface area contributed by atoms with E-state index in [-0.39, 0.29) is 30.8 Å². The van der Waals surface area contributed by atoms with Crippen molar-refractivity contribution in [3.05, 3.63) is 24.5 Å². The van der Waals surface area contributed by atoms with Gasteiger partial charge in [0.15, 0.2) is 0 Å². The molecule has 1 saturated heterocycles. The largest absolute Gasteiger partial charge is 0.369 e. The third-order valence-corrected chi connectivity index (χ3v) is 3.23. The SMILES string of the molecule is CCCCC(=O)ON1CCN(c2ccncc2)CC1.Cl.Cl. The Hall–Kier alpha value is -1.04. The van der Waals surface area contributed by atoms with Gasteiger partial charge in [-0.2, -0.15) is 0 Å². The molecule has 0 aromatic carbocycles. The highest BCUT2D eigenvalue weighted by molar-refractivity contribution is 5.85. The van der Waals surface area contributed by atoms with Gasteiger partial charge in [-0.15, -0.1) is 29.9 Å². The summed E-state index contributed by atoms with van der Waals surface area (Å²) in [6.07, 6.45) is 6.03. The lowest BCUT2D eigenvalue weighted by Gasteiger charge is -2.34. The number of carbonyl (C=O) groups is 1. The number of hydrogen-bond donors (Lipinski definition) is 0. The first kappa shape index (κ1) is 20.0. The topological polar surface area (TPSA) is 45.7 Å². The van der Waals surface area contributed by atoms with Gasteiger partial charge in [0.05, 0.1) is 13.1 Å².